The minimum Gasteiger partial charge on any atom is -0.330 e. The van der Waals surface area contributed by atoms with E-state index in [1.807, 2.05) is 13.8 Å². The molecular weight excluding hydrogens is 188 g/mol. The lowest BCUT2D eigenvalue weighted by molar-refractivity contribution is 0.520. The highest BCUT2D eigenvalue weighted by molar-refractivity contribution is 7.89. The van der Waals surface area contributed by atoms with Gasteiger partial charge in [0.05, 0.1) is 5.75 Å². The van der Waals surface area contributed by atoms with Crippen molar-refractivity contribution in [2.24, 2.45) is 5.73 Å². The molecule has 1 unspecified atom stereocenters. The van der Waals surface area contributed by atoms with Crippen LogP contribution < -0.4 is 10.5 Å². The maximum atomic E-state index is 11.3. The van der Waals surface area contributed by atoms with Gasteiger partial charge in [-0.15, -0.1) is 0 Å². The largest absolute Gasteiger partial charge is 0.330 e. The molecule has 0 aromatic heterocycles. The molecule has 0 spiro atoms. The van der Waals surface area contributed by atoms with Crippen molar-refractivity contribution < 1.29 is 8.42 Å². The Morgan fingerprint density at radius 2 is 2.00 bits per heavy atom. The summed E-state index contributed by atoms with van der Waals surface area (Å²) in [6.45, 7) is 4.32. The second-order valence-corrected chi connectivity index (χ2v) is 4.99. The first-order chi connectivity index (χ1) is 6.05. The minimum absolute atomic E-state index is 0.00144. The van der Waals surface area contributed by atoms with Crippen molar-refractivity contribution in [3.05, 3.63) is 0 Å². The highest BCUT2D eigenvalue weighted by Gasteiger charge is 2.14. The standard InChI is InChI=1S/C8H20N2O2S/c1-3-7-13(11,12)10-8(4-2)5-6-9/h8,10H,3-7,9H2,1-2H3. The van der Waals surface area contributed by atoms with E-state index >= 15 is 0 Å². The van der Waals surface area contributed by atoms with Gasteiger partial charge in [-0.1, -0.05) is 13.8 Å². The van der Waals surface area contributed by atoms with Gasteiger partial charge in [0.15, 0.2) is 0 Å². The van der Waals surface area contributed by atoms with E-state index in [-0.39, 0.29) is 11.8 Å². The predicted molar refractivity (Wildman–Crippen MR) is 55.0 cm³/mol. The Kier molecular flexibility index (Phi) is 6.28. The van der Waals surface area contributed by atoms with Crippen LogP contribution in [0.2, 0.25) is 0 Å². The van der Waals surface area contributed by atoms with Crippen LogP contribution in [0.1, 0.15) is 33.1 Å². The van der Waals surface area contributed by atoms with E-state index in [4.69, 9.17) is 5.73 Å². The van der Waals surface area contributed by atoms with Gasteiger partial charge in [0, 0.05) is 6.04 Å². The van der Waals surface area contributed by atoms with Crippen molar-refractivity contribution in [3.63, 3.8) is 0 Å². The Labute approximate surface area is 80.9 Å². The van der Waals surface area contributed by atoms with Gasteiger partial charge in [-0.25, -0.2) is 13.1 Å². The summed E-state index contributed by atoms with van der Waals surface area (Å²) in [5.41, 5.74) is 5.36. The molecule has 0 saturated carbocycles. The number of sulfonamides is 1. The molecule has 13 heavy (non-hydrogen) atoms. The van der Waals surface area contributed by atoms with Crippen molar-refractivity contribution in [2.45, 2.75) is 39.2 Å². The van der Waals surface area contributed by atoms with Crippen LogP contribution in [0.5, 0.6) is 0 Å². The third-order valence-electron chi connectivity index (χ3n) is 1.83. The van der Waals surface area contributed by atoms with E-state index in [2.05, 4.69) is 4.72 Å². The SMILES string of the molecule is CCCS(=O)(=O)NC(CC)CCN. The molecular formula is C8H20N2O2S. The number of nitrogens with two attached hydrogens (primary N) is 1. The molecule has 4 nitrogen and oxygen atoms in total. The first-order valence-electron chi connectivity index (χ1n) is 4.75. The summed E-state index contributed by atoms with van der Waals surface area (Å²) in [6, 6.07) is 0.00144. The highest BCUT2D eigenvalue weighted by atomic mass is 32.2. The molecule has 0 aliphatic heterocycles. The Morgan fingerprint density at radius 1 is 1.38 bits per heavy atom. The molecule has 0 heterocycles. The summed E-state index contributed by atoms with van der Waals surface area (Å²) in [7, 11) is -3.07. The maximum Gasteiger partial charge on any atom is 0.211 e. The van der Waals surface area contributed by atoms with Gasteiger partial charge in [-0.2, -0.15) is 0 Å². The van der Waals surface area contributed by atoms with Gasteiger partial charge in [0.1, 0.15) is 0 Å². The molecule has 0 amide bonds. The van der Waals surface area contributed by atoms with Crippen LogP contribution >= 0.6 is 0 Å². The molecule has 0 fully saturated rings. The van der Waals surface area contributed by atoms with Gasteiger partial charge < -0.3 is 5.73 Å². The summed E-state index contributed by atoms with van der Waals surface area (Å²) in [5.74, 6) is 0.202. The number of rotatable bonds is 7. The van der Waals surface area contributed by atoms with Crippen LogP contribution in [-0.4, -0.2) is 26.8 Å². The summed E-state index contributed by atoms with van der Waals surface area (Å²) in [4.78, 5) is 0. The van der Waals surface area contributed by atoms with Gasteiger partial charge in [0.2, 0.25) is 10.0 Å². The predicted octanol–water partition coefficient (Wildman–Crippen LogP) is 0.443. The Hall–Kier alpha value is -0.130. The molecule has 0 radical (unpaired) electrons. The molecule has 0 saturated heterocycles. The molecule has 0 aromatic carbocycles. The second-order valence-electron chi connectivity index (χ2n) is 3.12. The average molecular weight is 208 g/mol. The van der Waals surface area contributed by atoms with Gasteiger partial charge in [-0.05, 0) is 25.8 Å². The smallest absolute Gasteiger partial charge is 0.211 e. The third-order valence-corrected chi connectivity index (χ3v) is 3.47. The fourth-order valence-corrected chi connectivity index (χ4v) is 2.58. The molecule has 0 aliphatic carbocycles. The third kappa shape index (κ3) is 6.01. The Morgan fingerprint density at radius 3 is 2.38 bits per heavy atom. The average Bonchev–Trinajstić information content (AvgIpc) is 2.03. The lowest BCUT2D eigenvalue weighted by atomic mass is 10.2. The summed E-state index contributed by atoms with van der Waals surface area (Å²) in [6.07, 6.45) is 2.15. The van der Waals surface area contributed by atoms with Crippen molar-refractivity contribution in [2.75, 3.05) is 12.3 Å². The molecule has 0 rings (SSSR count). The zero-order valence-electron chi connectivity index (χ0n) is 8.41. The van der Waals surface area contributed by atoms with E-state index in [9.17, 15) is 8.42 Å². The molecule has 0 bridgehead atoms. The fraction of sp³-hybridized carbons (Fsp3) is 1.00. The highest BCUT2D eigenvalue weighted by Crippen LogP contribution is 1.99. The van der Waals surface area contributed by atoms with Crippen molar-refractivity contribution >= 4 is 10.0 Å². The zero-order valence-corrected chi connectivity index (χ0v) is 9.23. The molecule has 3 N–H and O–H groups in total. The topological polar surface area (TPSA) is 72.2 Å². The van der Waals surface area contributed by atoms with E-state index in [1.54, 1.807) is 0 Å². The second kappa shape index (κ2) is 6.34. The molecule has 80 valence electrons. The summed E-state index contributed by atoms with van der Waals surface area (Å²) in [5, 5.41) is 0. The monoisotopic (exact) mass is 208 g/mol. The number of hydrogen-bond donors (Lipinski definition) is 2. The zero-order chi connectivity index (χ0) is 10.3. The molecule has 0 aliphatic rings. The van der Waals surface area contributed by atoms with E-state index in [0.29, 0.717) is 19.4 Å². The summed E-state index contributed by atoms with van der Waals surface area (Å²) >= 11 is 0. The van der Waals surface area contributed by atoms with Crippen molar-refractivity contribution in [1.82, 2.24) is 4.72 Å². The van der Waals surface area contributed by atoms with Crippen LogP contribution in [0.15, 0.2) is 0 Å². The first kappa shape index (κ1) is 12.9. The lowest BCUT2D eigenvalue weighted by Gasteiger charge is -2.15. The number of nitrogens with one attached hydrogen (secondary N) is 1. The molecule has 0 aromatic rings. The molecule has 1 atom stereocenters. The van der Waals surface area contributed by atoms with E-state index in [0.717, 1.165) is 6.42 Å². The fourth-order valence-electron chi connectivity index (χ4n) is 1.13. The maximum absolute atomic E-state index is 11.3. The normalized spacial score (nSPS) is 14.4. The quantitative estimate of drug-likeness (QED) is 0.638. The van der Waals surface area contributed by atoms with Crippen LogP contribution in [0.4, 0.5) is 0 Å². The van der Waals surface area contributed by atoms with E-state index in [1.165, 1.54) is 0 Å². The molecule has 5 heteroatoms. The van der Waals surface area contributed by atoms with Crippen LogP contribution in [-0.2, 0) is 10.0 Å². The van der Waals surface area contributed by atoms with Crippen molar-refractivity contribution in [1.29, 1.82) is 0 Å². The van der Waals surface area contributed by atoms with Gasteiger partial charge in [0.25, 0.3) is 0 Å². The van der Waals surface area contributed by atoms with E-state index < -0.39 is 10.0 Å². The Balaban J connectivity index is 4.06. The first-order valence-corrected chi connectivity index (χ1v) is 6.41. The van der Waals surface area contributed by atoms with Gasteiger partial charge >= 0.3 is 0 Å². The van der Waals surface area contributed by atoms with Crippen LogP contribution in [0, 0.1) is 0 Å². The summed E-state index contributed by atoms with van der Waals surface area (Å²) < 4.78 is 25.3. The minimum atomic E-state index is -3.07. The van der Waals surface area contributed by atoms with Crippen LogP contribution in [0.25, 0.3) is 0 Å². The van der Waals surface area contributed by atoms with Gasteiger partial charge in [-0.3, -0.25) is 0 Å². The Bertz CT molecular complexity index is 214. The van der Waals surface area contributed by atoms with Crippen molar-refractivity contribution in [3.8, 4) is 0 Å². The lowest BCUT2D eigenvalue weighted by Crippen LogP contribution is -2.37. The number of hydrogen-bond acceptors (Lipinski definition) is 3. The van der Waals surface area contributed by atoms with Crippen LogP contribution in [0.3, 0.4) is 0 Å².